The van der Waals surface area contributed by atoms with Crippen LogP contribution < -0.4 is 0 Å². The first-order chi connectivity index (χ1) is 12.6. The molecule has 1 aromatic carbocycles. The van der Waals surface area contributed by atoms with Gasteiger partial charge in [0.2, 0.25) is 5.78 Å². The number of hydrogen-bond acceptors (Lipinski definition) is 5. The number of carbonyl (C=O) groups is 2. The minimum atomic E-state index is -3.20. The zero-order valence-corrected chi connectivity index (χ0v) is 16.9. The third-order valence-corrected chi connectivity index (χ3v) is 5.10. The van der Waals surface area contributed by atoms with Crippen molar-refractivity contribution in [3.05, 3.63) is 58.4 Å². The second-order valence-electron chi connectivity index (χ2n) is 6.71. The molecule has 0 atom stereocenters. The maximum Gasteiger partial charge on any atom is 0.338 e. The van der Waals surface area contributed by atoms with Crippen molar-refractivity contribution in [3.8, 4) is 0 Å². The van der Waals surface area contributed by atoms with Crippen molar-refractivity contribution in [2.24, 2.45) is 0 Å². The molecule has 0 unspecified atom stereocenters. The van der Waals surface area contributed by atoms with E-state index in [0.29, 0.717) is 11.1 Å². The molecule has 1 heterocycles. The van der Waals surface area contributed by atoms with E-state index in [1.807, 2.05) is 19.9 Å². The Bertz CT molecular complexity index is 957. The SMILES string of the molecule is CCCn1c(C)cc(C(=O)COC(=O)c2cccc(CS(C)(=O)=O)c2)c1C. The van der Waals surface area contributed by atoms with Crippen LogP contribution in [0.5, 0.6) is 0 Å². The third kappa shape index (κ3) is 5.53. The van der Waals surface area contributed by atoms with E-state index in [4.69, 9.17) is 4.74 Å². The number of rotatable bonds is 8. The standard InChI is InChI=1S/C20H25NO5S/c1-5-9-21-14(2)10-18(15(21)3)19(22)12-26-20(23)17-8-6-7-16(11-17)13-27(4,24)25/h6-8,10-11H,5,9,12-13H2,1-4H3. The fourth-order valence-corrected chi connectivity index (χ4v) is 3.82. The van der Waals surface area contributed by atoms with E-state index in [1.54, 1.807) is 12.1 Å². The van der Waals surface area contributed by atoms with E-state index in [0.717, 1.165) is 30.6 Å². The van der Waals surface area contributed by atoms with E-state index in [2.05, 4.69) is 11.5 Å². The van der Waals surface area contributed by atoms with Gasteiger partial charge in [0.1, 0.15) is 0 Å². The van der Waals surface area contributed by atoms with Crippen molar-refractivity contribution in [3.63, 3.8) is 0 Å². The van der Waals surface area contributed by atoms with Gasteiger partial charge in [-0.25, -0.2) is 13.2 Å². The Balaban J connectivity index is 2.06. The highest BCUT2D eigenvalue weighted by atomic mass is 32.2. The van der Waals surface area contributed by atoms with Crippen molar-refractivity contribution in [1.29, 1.82) is 0 Å². The fraction of sp³-hybridized carbons (Fsp3) is 0.400. The van der Waals surface area contributed by atoms with Crippen molar-refractivity contribution >= 4 is 21.6 Å². The zero-order chi connectivity index (χ0) is 20.2. The maximum atomic E-state index is 12.5. The predicted octanol–water partition coefficient (Wildman–Crippen LogP) is 3.10. The van der Waals surface area contributed by atoms with Gasteiger partial charge in [0.15, 0.2) is 16.4 Å². The Morgan fingerprint density at radius 2 is 1.85 bits per heavy atom. The number of hydrogen-bond donors (Lipinski definition) is 0. The van der Waals surface area contributed by atoms with Gasteiger partial charge < -0.3 is 9.30 Å². The number of carbonyl (C=O) groups excluding carboxylic acids is 2. The molecule has 1 aromatic heterocycles. The number of aromatic nitrogens is 1. The average molecular weight is 391 g/mol. The van der Waals surface area contributed by atoms with Crippen LogP contribution in [0.1, 0.15) is 51.0 Å². The number of aryl methyl sites for hydroxylation is 1. The lowest BCUT2D eigenvalue weighted by Crippen LogP contribution is -2.15. The summed E-state index contributed by atoms with van der Waals surface area (Å²) in [6, 6.07) is 8.05. The maximum absolute atomic E-state index is 12.5. The molecule has 0 bridgehead atoms. The van der Waals surface area contributed by atoms with Crippen LogP contribution in [0.2, 0.25) is 0 Å². The number of nitrogens with zero attached hydrogens (tertiary/aromatic N) is 1. The molecule has 0 spiro atoms. The number of ketones is 1. The van der Waals surface area contributed by atoms with Gasteiger partial charge in [-0.2, -0.15) is 0 Å². The largest absolute Gasteiger partial charge is 0.454 e. The first-order valence-electron chi connectivity index (χ1n) is 8.76. The smallest absolute Gasteiger partial charge is 0.338 e. The molecule has 0 N–H and O–H groups in total. The fourth-order valence-electron chi connectivity index (χ4n) is 3.03. The Morgan fingerprint density at radius 1 is 1.15 bits per heavy atom. The van der Waals surface area contributed by atoms with Crippen LogP contribution in [0.15, 0.2) is 30.3 Å². The lowest BCUT2D eigenvalue weighted by molar-refractivity contribution is 0.0474. The van der Waals surface area contributed by atoms with Gasteiger partial charge in [-0.15, -0.1) is 0 Å². The molecular weight excluding hydrogens is 366 g/mol. The van der Waals surface area contributed by atoms with E-state index in [-0.39, 0.29) is 23.7 Å². The quantitative estimate of drug-likeness (QED) is 0.510. The molecule has 0 aliphatic carbocycles. The summed E-state index contributed by atoms with van der Waals surface area (Å²) < 4.78 is 30.0. The first kappa shape index (κ1) is 20.9. The Labute approximate surface area is 160 Å². The second kappa shape index (κ2) is 8.52. The molecule has 0 aliphatic rings. The number of benzene rings is 1. The summed E-state index contributed by atoms with van der Waals surface area (Å²) in [6.45, 7) is 6.37. The summed E-state index contributed by atoms with van der Waals surface area (Å²) in [5, 5.41) is 0. The minimum Gasteiger partial charge on any atom is -0.454 e. The van der Waals surface area contributed by atoms with Crippen LogP contribution in [0.4, 0.5) is 0 Å². The van der Waals surface area contributed by atoms with Gasteiger partial charge in [-0.3, -0.25) is 4.79 Å². The number of ether oxygens (including phenoxy) is 1. The molecular formula is C20H25NO5S. The molecule has 0 radical (unpaired) electrons. The molecule has 0 fully saturated rings. The number of Topliss-reactive ketones (excluding diaryl/α,β-unsaturated/α-hetero) is 1. The zero-order valence-electron chi connectivity index (χ0n) is 16.1. The Kier molecular flexibility index (Phi) is 6.59. The van der Waals surface area contributed by atoms with Gasteiger partial charge >= 0.3 is 5.97 Å². The summed E-state index contributed by atoms with van der Waals surface area (Å²) >= 11 is 0. The van der Waals surface area contributed by atoms with Gasteiger partial charge in [-0.1, -0.05) is 19.1 Å². The summed E-state index contributed by atoms with van der Waals surface area (Å²) in [4.78, 5) is 24.7. The average Bonchev–Trinajstić information content (AvgIpc) is 2.87. The van der Waals surface area contributed by atoms with E-state index < -0.39 is 15.8 Å². The van der Waals surface area contributed by atoms with Gasteiger partial charge in [-0.05, 0) is 44.0 Å². The van der Waals surface area contributed by atoms with Gasteiger partial charge in [0, 0.05) is 29.8 Å². The molecule has 0 saturated carbocycles. The van der Waals surface area contributed by atoms with Crippen LogP contribution in [0.3, 0.4) is 0 Å². The van der Waals surface area contributed by atoms with Crippen LogP contribution in [0.25, 0.3) is 0 Å². The molecule has 0 amide bonds. The normalized spacial score (nSPS) is 11.4. The molecule has 0 aliphatic heterocycles. The lowest BCUT2D eigenvalue weighted by Gasteiger charge is -2.08. The second-order valence-corrected chi connectivity index (χ2v) is 8.85. The summed E-state index contributed by atoms with van der Waals surface area (Å²) in [5.41, 5.74) is 3.14. The molecule has 146 valence electrons. The number of sulfone groups is 1. The van der Waals surface area contributed by atoms with Crippen LogP contribution >= 0.6 is 0 Å². The highest BCUT2D eigenvalue weighted by molar-refractivity contribution is 7.89. The predicted molar refractivity (Wildman–Crippen MR) is 104 cm³/mol. The van der Waals surface area contributed by atoms with Crippen LogP contribution in [0, 0.1) is 13.8 Å². The van der Waals surface area contributed by atoms with Crippen LogP contribution in [-0.4, -0.2) is 37.6 Å². The molecule has 27 heavy (non-hydrogen) atoms. The molecule has 2 aromatic rings. The lowest BCUT2D eigenvalue weighted by atomic mass is 10.1. The van der Waals surface area contributed by atoms with E-state index in [9.17, 15) is 18.0 Å². The van der Waals surface area contributed by atoms with Crippen molar-refractivity contribution in [2.45, 2.75) is 39.5 Å². The Hall–Kier alpha value is -2.41. The van der Waals surface area contributed by atoms with E-state index >= 15 is 0 Å². The highest BCUT2D eigenvalue weighted by Gasteiger charge is 2.18. The highest BCUT2D eigenvalue weighted by Crippen LogP contribution is 2.17. The van der Waals surface area contributed by atoms with Gasteiger partial charge in [0.25, 0.3) is 0 Å². The van der Waals surface area contributed by atoms with Crippen molar-refractivity contribution < 1.29 is 22.7 Å². The van der Waals surface area contributed by atoms with E-state index in [1.165, 1.54) is 12.1 Å². The molecule has 0 saturated heterocycles. The molecule has 7 heteroatoms. The summed E-state index contributed by atoms with van der Waals surface area (Å²) in [7, 11) is -3.20. The van der Waals surface area contributed by atoms with Crippen molar-refractivity contribution in [1.82, 2.24) is 4.57 Å². The summed E-state index contributed by atoms with van der Waals surface area (Å²) in [5.74, 6) is -1.07. The topological polar surface area (TPSA) is 82.4 Å². The Morgan fingerprint density at radius 3 is 2.48 bits per heavy atom. The van der Waals surface area contributed by atoms with Gasteiger partial charge in [0.05, 0.1) is 11.3 Å². The third-order valence-electron chi connectivity index (χ3n) is 4.25. The minimum absolute atomic E-state index is 0.156. The monoisotopic (exact) mass is 391 g/mol. The number of esters is 1. The first-order valence-corrected chi connectivity index (χ1v) is 10.8. The molecule has 2 rings (SSSR count). The molecule has 6 nitrogen and oxygen atoms in total. The summed E-state index contributed by atoms with van der Waals surface area (Å²) in [6.07, 6.45) is 2.09. The van der Waals surface area contributed by atoms with Crippen molar-refractivity contribution in [2.75, 3.05) is 12.9 Å². The van der Waals surface area contributed by atoms with Crippen LogP contribution in [-0.2, 0) is 26.9 Å².